The maximum absolute atomic E-state index is 13.7. The highest BCUT2D eigenvalue weighted by atomic mass is 19.3. The molecule has 0 saturated carbocycles. The second-order valence-corrected chi connectivity index (χ2v) is 8.15. The first-order valence-electron chi connectivity index (χ1n) is 10.7. The van der Waals surface area contributed by atoms with E-state index in [9.17, 15) is 23.9 Å². The van der Waals surface area contributed by atoms with Crippen LogP contribution >= 0.6 is 0 Å². The normalized spacial score (nSPS) is 16.0. The largest absolute Gasteiger partial charge is 0.497 e. The van der Waals surface area contributed by atoms with E-state index in [1.807, 2.05) is 13.0 Å². The standard InChI is InChI=1S/C24H23F2N5O3/c1-14(28-18-6-4-3-5-16(18)23(32)33)17-11-15(34-2)12-19-21(17)30-22(20(13-27)29-19)31-9-7-24(25,26)8-10-31/h3-6,11-12,14,28H,7-10H2,1-2H3,(H,32,33). The number of rotatable bonds is 6. The molecule has 1 unspecified atom stereocenters. The van der Waals surface area contributed by atoms with Gasteiger partial charge in [-0.2, -0.15) is 5.26 Å². The van der Waals surface area contributed by atoms with Crippen LogP contribution in [0.3, 0.4) is 0 Å². The highest BCUT2D eigenvalue weighted by molar-refractivity contribution is 5.94. The summed E-state index contributed by atoms with van der Waals surface area (Å²) in [6.07, 6.45) is -0.645. The molecule has 10 heteroatoms. The zero-order valence-electron chi connectivity index (χ0n) is 18.7. The van der Waals surface area contributed by atoms with E-state index in [-0.39, 0.29) is 43.0 Å². The summed E-state index contributed by atoms with van der Waals surface area (Å²) >= 11 is 0. The fourth-order valence-electron chi connectivity index (χ4n) is 4.05. The molecule has 2 aromatic carbocycles. The third-order valence-electron chi connectivity index (χ3n) is 5.89. The first kappa shape index (κ1) is 23.2. The Hall–Kier alpha value is -4.00. The number of nitriles is 1. The first-order chi connectivity index (χ1) is 16.2. The van der Waals surface area contributed by atoms with E-state index < -0.39 is 17.9 Å². The Morgan fingerprint density at radius 2 is 1.97 bits per heavy atom. The number of hydrogen-bond acceptors (Lipinski definition) is 7. The monoisotopic (exact) mass is 467 g/mol. The SMILES string of the molecule is COc1cc(C(C)Nc2ccccc2C(=O)O)c2nc(N3CCC(F)(F)CC3)c(C#N)nc2c1. The summed E-state index contributed by atoms with van der Waals surface area (Å²) in [7, 11) is 1.50. The second-order valence-electron chi connectivity index (χ2n) is 8.15. The quantitative estimate of drug-likeness (QED) is 0.540. The fourth-order valence-corrected chi connectivity index (χ4v) is 4.05. The van der Waals surface area contributed by atoms with Crippen LogP contribution in [0.15, 0.2) is 36.4 Å². The molecule has 4 rings (SSSR count). The zero-order chi connectivity index (χ0) is 24.5. The number of nitrogens with one attached hydrogen (secondary N) is 1. The van der Waals surface area contributed by atoms with Gasteiger partial charge in [0, 0.05) is 43.2 Å². The summed E-state index contributed by atoms with van der Waals surface area (Å²) < 4.78 is 32.8. The highest BCUT2D eigenvalue weighted by Gasteiger charge is 2.35. The van der Waals surface area contributed by atoms with Crippen molar-refractivity contribution >= 4 is 28.5 Å². The lowest BCUT2D eigenvalue weighted by molar-refractivity contribution is -0.0221. The van der Waals surface area contributed by atoms with E-state index in [4.69, 9.17) is 9.72 Å². The predicted molar refractivity (Wildman–Crippen MR) is 123 cm³/mol. The number of para-hydroxylation sites is 1. The number of piperidine rings is 1. The van der Waals surface area contributed by atoms with Crippen molar-refractivity contribution in [2.75, 3.05) is 30.4 Å². The van der Waals surface area contributed by atoms with Gasteiger partial charge in [0.2, 0.25) is 0 Å². The van der Waals surface area contributed by atoms with Gasteiger partial charge in [0.05, 0.1) is 29.7 Å². The lowest BCUT2D eigenvalue weighted by atomic mass is 10.0. The van der Waals surface area contributed by atoms with Crippen LogP contribution < -0.4 is 15.0 Å². The molecule has 0 radical (unpaired) electrons. The molecule has 0 amide bonds. The number of halogens is 2. The molecular weight excluding hydrogens is 444 g/mol. The van der Waals surface area contributed by atoms with Crippen molar-refractivity contribution in [1.82, 2.24) is 9.97 Å². The van der Waals surface area contributed by atoms with Gasteiger partial charge in [0.15, 0.2) is 11.5 Å². The van der Waals surface area contributed by atoms with Crippen LogP contribution in [0.5, 0.6) is 5.75 Å². The molecule has 0 spiro atoms. The van der Waals surface area contributed by atoms with E-state index in [1.54, 1.807) is 35.2 Å². The number of carboxylic acid groups (broad SMARTS) is 1. The number of benzene rings is 2. The number of carboxylic acids is 1. The smallest absolute Gasteiger partial charge is 0.337 e. The number of nitrogens with zero attached hydrogens (tertiary/aromatic N) is 4. The van der Waals surface area contributed by atoms with Crippen LogP contribution in [0, 0.1) is 11.3 Å². The molecule has 1 aromatic heterocycles. The molecule has 0 aliphatic carbocycles. The predicted octanol–water partition coefficient (Wildman–Crippen LogP) is 4.62. The van der Waals surface area contributed by atoms with Gasteiger partial charge in [-0.1, -0.05) is 12.1 Å². The number of hydrogen-bond donors (Lipinski definition) is 2. The zero-order valence-corrected chi connectivity index (χ0v) is 18.7. The van der Waals surface area contributed by atoms with Gasteiger partial charge in [-0.25, -0.2) is 23.5 Å². The Bertz CT molecular complexity index is 1280. The summed E-state index contributed by atoms with van der Waals surface area (Å²) in [5, 5.41) is 22.4. The van der Waals surface area contributed by atoms with E-state index in [0.717, 1.165) is 0 Å². The minimum atomic E-state index is -2.73. The molecule has 2 N–H and O–H groups in total. The maximum Gasteiger partial charge on any atom is 0.337 e. The molecule has 2 heterocycles. The molecule has 1 saturated heterocycles. The van der Waals surface area contributed by atoms with Crippen LogP contribution in [0.2, 0.25) is 0 Å². The summed E-state index contributed by atoms with van der Waals surface area (Å²) in [6.45, 7) is 1.97. The van der Waals surface area contributed by atoms with Gasteiger partial charge in [-0.15, -0.1) is 0 Å². The first-order valence-corrected chi connectivity index (χ1v) is 10.7. The third kappa shape index (κ3) is 4.55. The number of aromatic nitrogens is 2. The number of carbonyl (C=O) groups is 1. The second kappa shape index (κ2) is 9.09. The minimum absolute atomic E-state index is 0.0498. The molecule has 176 valence electrons. The van der Waals surface area contributed by atoms with Gasteiger partial charge in [-0.05, 0) is 25.1 Å². The van der Waals surface area contributed by atoms with E-state index >= 15 is 0 Å². The number of anilines is 2. The van der Waals surface area contributed by atoms with Gasteiger partial charge >= 0.3 is 5.97 Å². The molecule has 1 fully saturated rings. The van der Waals surface area contributed by atoms with Gasteiger partial charge in [-0.3, -0.25) is 0 Å². The fraction of sp³-hybridized carbons (Fsp3) is 0.333. The van der Waals surface area contributed by atoms with Crippen molar-refractivity contribution in [3.05, 3.63) is 53.2 Å². The highest BCUT2D eigenvalue weighted by Crippen LogP contribution is 2.35. The molecule has 1 aliphatic rings. The summed E-state index contributed by atoms with van der Waals surface area (Å²) in [6, 6.07) is 11.6. The number of ether oxygens (including phenoxy) is 1. The van der Waals surface area contributed by atoms with Crippen LogP contribution in [0.1, 0.15) is 47.4 Å². The van der Waals surface area contributed by atoms with Crippen LogP contribution in [-0.4, -0.2) is 47.2 Å². The van der Waals surface area contributed by atoms with E-state index in [1.165, 1.54) is 13.2 Å². The third-order valence-corrected chi connectivity index (χ3v) is 5.89. The molecule has 0 bridgehead atoms. The van der Waals surface area contributed by atoms with Crippen LogP contribution in [-0.2, 0) is 0 Å². The van der Waals surface area contributed by atoms with Crippen molar-refractivity contribution in [3.8, 4) is 11.8 Å². The number of methoxy groups -OCH3 is 1. The lowest BCUT2D eigenvalue weighted by Crippen LogP contribution is -2.40. The number of fused-ring (bicyclic) bond motifs is 1. The Morgan fingerprint density at radius 3 is 2.62 bits per heavy atom. The van der Waals surface area contributed by atoms with Crippen LogP contribution in [0.4, 0.5) is 20.3 Å². The summed E-state index contributed by atoms with van der Waals surface area (Å²) in [5.41, 5.74) is 2.15. The lowest BCUT2D eigenvalue weighted by Gasteiger charge is -2.33. The van der Waals surface area contributed by atoms with Crippen molar-refractivity contribution in [2.24, 2.45) is 0 Å². The Morgan fingerprint density at radius 1 is 1.26 bits per heavy atom. The van der Waals surface area contributed by atoms with E-state index in [0.29, 0.717) is 28.0 Å². The Balaban J connectivity index is 1.80. The van der Waals surface area contributed by atoms with Gasteiger partial charge < -0.3 is 20.1 Å². The molecule has 1 aliphatic heterocycles. The van der Waals surface area contributed by atoms with Gasteiger partial charge in [0.1, 0.15) is 11.8 Å². The number of alkyl halides is 2. The van der Waals surface area contributed by atoms with Crippen molar-refractivity contribution in [1.29, 1.82) is 5.26 Å². The Kier molecular flexibility index (Phi) is 6.20. The maximum atomic E-state index is 13.7. The Labute approximate surface area is 194 Å². The summed E-state index contributed by atoms with van der Waals surface area (Å²) in [4.78, 5) is 22.4. The van der Waals surface area contributed by atoms with E-state index in [2.05, 4.69) is 10.3 Å². The van der Waals surface area contributed by atoms with Gasteiger partial charge in [0.25, 0.3) is 5.92 Å². The average molecular weight is 467 g/mol. The number of aromatic carboxylic acids is 1. The molecule has 34 heavy (non-hydrogen) atoms. The minimum Gasteiger partial charge on any atom is -0.497 e. The average Bonchev–Trinajstić information content (AvgIpc) is 2.82. The van der Waals surface area contributed by atoms with Crippen molar-refractivity contribution < 1.29 is 23.4 Å². The molecule has 8 nitrogen and oxygen atoms in total. The summed E-state index contributed by atoms with van der Waals surface area (Å²) in [5.74, 6) is -3.04. The van der Waals surface area contributed by atoms with Crippen LogP contribution in [0.25, 0.3) is 11.0 Å². The molecule has 1 atom stereocenters. The topological polar surface area (TPSA) is 111 Å². The molecular formula is C24H23F2N5O3. The van der Waals surface area contributed by atoms with Crippen molar-refractivity contribution in [3.63, 3.8) is 0 Å². The molecule has 3 aromatic rings. The van der Waals surface area contributed by atoms with Crippen molar-refractivity contribution in [2.45, 2.75) is 31.7 Å².